The van der Waals surface area contributed by atoms with Crippen LogP contribution in [0.4, 0.5) is 5.69 Å². The molecule has 1 aromatic heterocycles. The third-order valence-corrected chi connectivity index (χ3v) is 3.32. The number of aromatic nitrogens is 1. The largest absolute Gasteiger partial charge is 0.335 e. The normalized spacial score (nSPS) is 14.2. The van der Waals surface area contributed by atoms with Crippen LogP contribution in [0.1, 0.15) is 5.56 Å². The molecule has 0 N–H and O–H groups in total. The van der Waals surface area contributed by atoms with Crippen LogP contribution in [-0.2, 0) is 0 Å². The molecule has 16 heavy (non-hydrogen) atoms. The third-order valence-electron chi connectivity index (χ3n) is 2.77. The Morgan fingerprint density at radius 1 is 1.25 bits per heavy atom. The van der Waals surface area contributed by atoms with E-state index in [9.17, 15) is 0 Å². The summed E-state index contributed by atoms with van der Waals surface area (Å²) in [5.74, 6) is 0. The molecule has 80 valence electrons. The van der Waals surface area contributed by atoms with E-state index < -0.39 is 0 Å². The minimum absolute atomic E-state index is 0.491. The van der Waals surface area contributed by atoms with Crippen LogP contribution >= 0.6 is 23.2 Å². The van der Waals surface area contributed by atoms with Gasteiger partial charge in [-0.15, -0.1) is 0 Å². The highest BCUT2D eigenvalue weighted by molar-refractivity contribution is 6.35. The van der Waals surface area contributed by atoms with E-state index in [0.29, 0.717) is 10.3 Å². The number of rotatable bonds is 0. The number of hydrogen-bond donors (Lipinski definition) is 0. The number of halogens is 2. The molecule has 0 atom stereocenters. The van der Waals surface area contributed by atoms with Gasteiger partial charge in [0.2, 0.25) is 0 Å². The van der Waals surface area contributed by atoms with Crippen LogP contribution in [0.2, 0.25) is 5.15 Å². The van der Waals surface area contributed by atoms with Crippen molar-refractivity contribution in [3.63, 3.8) is 0 Å². The lowest BCUT2D eigenvalue weighted by atomic mass is 10.0. The minimum atomic E-state index is 0.491. The number of pyridine rings is 1. The second-order valence-corrected chi connectivity index (χ2v) is 4.51. The predicted molar refractivity (Wildman–Crippen MR) is 69.0 cm³/mol. The Hall–Kier alpha value is -1.25. The van der Waals surface area contributed by atoms with Gasteiger partial charge in [0.1, 0.15) is 10.3 Å². The number of hydrogen-bond acceptors (Lipinski definition) is 2. The number of anilines is 1. The number of benzene rings is 1. The molecule has 1 aliphatic rings. The first-order valence-corrected chi connectivity index (χ1v) is 5.62. The van der Waals surface area contributed by atoms with E-state index >= 15 is 0 Å². The highest BCUT2D eigenvalue weighted by atomic mass is 35.5. The van der Waals surface area contributed by atoms with Gasteiger partial charge in [-0.1, -0.05) is 29.3 Å². The van der Waals surface area contributed by atoms with Gasteiger partial charge >= 0.3 is 0 Å². The summed E-state index contributed by atoms with van der Waals surface area (Å²) >= 11 is 12.1. The average molecular weight is 251 g/mol. The second kappa shape index (κ2) is 3.37. The van der Waals surface area contributed by atoms with E-state index in [1.165, 1.54) is 0 Å². The van der Waals surface area contributed by atoms with Crippen LogP contribution in [0.25, 0.3) is 17.0 Å². The van der Waals surface area contributed by atoms with Crippen LogP contribution in [0.3, 0.4) is 0 Å². The number of nitrogens with zero attached hydrogens (tertiary/aromatic N) is 2. The van der Waals surface area contributed by atoms with E-state index in [1.807, 2.05) is 42.3 Å². The lowest BCUT2D eigenvalue weighted by molar-refractivity contribution is 1.18. The Labute approximate surface area is 103 Å². The second-order valence-electron chi connectivity index (χ2n) is 3.73. The topological polar surface area (TPSA) is 16.1 Å². The molecule has 0 unspecified atom stereocenters. The van der Waals surface area contributed by atoms with Gasteiger partial charge in [0, 0.05) is 12.4 Å². The molecule has 0 aliphatic carbocycles. The zero-order valence-electron chi connectivity index (χ0n) is 8.54. The molecule has 2 aromatic rings. The van der Waals surface area contributed by atoms with E-state index in [4.69, 9.17) is 23.2 Å². The van der Waals surface area contributed by atoms with Crippen molar-refractivity contribution in [1.82, 2.24) is 4.98 Å². The van der Waals surface area contributed by atoms with Gasteiger partial charge < -0.3 is 4.90 Å². The van der Waals surface area contributed by atoms with E-state index in [0.717, 1.165) is 22.2 Å². The van der Waals surface area contributed by atoms with Crippen LogP contribution < -0.4 is 4.90 Å². The third kappa shape index (κ3) is 1.30. The molecule has 1 aliphatic heterocycles. The molecule has 4 heteroatoms. The zero-order chi connectivity index (χ0) is 11.3. The summed E-state index contributed by atoms with van der Waals surface area (Å²) in [7, 11) is 1.94. The van der Waals surface area contributed by atoms with Crippen LogP contribution in [0.5, 0.6) is 0 Å². The van der Waals surface area contributed by atoms with Crippen molar-refractivity contribution in [2.75, 3.05) is 11.9 Å². The summed E-state index contributed by atoms with van der Waals surface area (Å²) in [5.41, 5.74) is 2.98. The van der Waals surface area contributed by atoms with Crippen LogP contribution in [0, 0.1) is 0 Å². The molecule has 0 radical (unpaired) electrons. The van der Waals surface area contributed by atoms with Crippen molar-refractivity contribution in [2.24, 2.45) is 0 Å². The van der Waals surface area contributed by atoms with Crippen molar-refractivity contribution in [1.29, 1.82) is 0 Å². The van der Waals surface area contributed by atoms with Gasteiger partial charge in [-0.3, -0.25) is 0 Å². The van der Waals surface area contributed by atoms with Crippen molar-refractivity contribution in [3.05, 3.63) is 40.1 Å². The van der Waals surface area contributed by atoms with Gasteiger partial charge in [-0.05, 0) is 29.8 Å². The Morgan fingerprint density at radius 3 is 2.88 bits per heavy atom. The monoisotopic (exact) mass is 250 g/mol. The standard InChI is InChI=1S/C12H8Cl2N2/c1-16-9-4-2-3-8-12(9)7(6-11(16)14)5-10(13)15-8/h2-6H,1H3. The molecule has 0 bridgehead atoms. The molecule has 0 fully saturated rings. The minimum Gasteiger partial charge on any atom is -0.335 e. The molecular weight excluding hydrogens is 243 g/mol. The summed E-state index contributed by atoms with van der Waals surface area (Å²) < 4.78 is 0. The maximum atomic E-state index is 6.16. The van der Waals surface area contributed by atoms with E-state index in [1.54, 1.807) is 0 Å². The molecule has 0 spiro atoms. The molecule has 0 amide bonds. The highest BCUT2D eigenvalue weighted by Gasteiger charge is 2.17. The fourth-order valence-electron chi connectivity index (χ4n) is 2.00. The van der Waals surface area contributed by atoms with Gasteiger partial charge in [0.25, 0.3) is 0 Å². The smallest absolute Gasteiger partial charge is 0.130 e. The molecule has 2 heterocycles. The van der Waals surface area contributed by atoms with Gasteiger partial charge in [0.15, 0.2) is 0 Å². The lowest BCUT2D eigenvalue weighted by Crippen LogP contribution is -2.16. The first-order chi connectivity index (χ1) is 7.66. The SMILES string of the molecule is CN1C(Cl)=Cc2cc(Cl)nc3cccc1c23. The summed E-state index contributed by atoms with van der Waals surface area (Å²) in [6.45, 7) is 0. The Morgan fingerprint density at radius 2 is 2.06 bits per heavy atom. The van der Waals surface area contributed by atoms with Gasteiger partial charge in [-0.2, -0.15) is 0 Å². The maximum Gasteiger partial charge on any atom is 0.130 e. The molecule has 3 rings (SSSR count). The van der Waals surface area contributed by atoms with Crippen molar-refractivity contribution in [3.8, 4) is 0 Å². The fourth-order valence-corrected chi connectivity index (χ4v) is 2.42. The first-order valence-electron chi connectivity index (χ1n) is 4.87. The first kappa shape index (κ1) is 9.94. The molecule has 2 nitrogen and oxygen atoms in total. The highest BCUT2D eigenvalue weighted by Crippen LogP contribution is 2.37. The molecule has 0 saturated carbocycles. The average Bonchev–Trinajstić information content (AvgIpc) is 2.25. The molecule has 0 saturated heterocycles. The Kier molecular flexibility index (Phi) is 2.09. The summed E-state index contributed by atoms with van der Waals surface area (Å²) in [6.07, 6.45) is 1.91. The van der Waals surface area contributed by atoms with Crippen LogP contribution in [-0.4, -0.2) is 12.0 Å². The summed E-state index contributed by atoms with van der Waals surface area (Å²) in [4.78, 5) is 6.24. The quantitative estimate of drug-likeness (QED) is 0.521. The van der Waals surface area contributed by atoms with Gasteiger partial charge in [-0.25, -0.2) is 4.98 Å². The van der Waals surface area contributed by atoms with Crippen molar-refractivity contribution in [2.45, 2.75) is 0 Å². The fraction of sp³-hybridized carbons (Fsp3) is 0.0833. The maximum absolute atomic E-state index is 6.16. The summed E-state index contributed by atoms with van der Waals surface area (Å²) in [5, 5.41) is 2.27. The molecule has 1 aromatic carbocycles. The van der Waals surface area contributed by atoms with Gasteiger partial charge in [0.05, 0.1) is 11.2 Å². The van der Waals surface area contributed by atoms with E-state index in [-0.39, 0.29) is 0 Å². The van der Waals surface area contributed by atoms with Crippen molar-refractivity contribution < 1.29 is 0 Å². The Balaban J connectivity index is 2.49. The summed E-state index contributed by atoms with van der Waals surface area (Å²) in [6, 6.07) is 7.77. The Bertz CT molecular complexity index is 620. The zero-order valence-corrected chi connectivity index (χ0v) is 10.0. The molecular formula is C12H8Cl2N2. The van der Waals surface area contributed by atoms with E-state index in [2.05, 4.69) is 4.98 Å². The predicted octanol–water partition coefficient (Wildman–Crippen LogP) is 3.88. The lowest BCUT2D eigenvalue weighted by Gasteiger charge is -2.25. The van der Waals surface area contributed by atoms with Crippen molar-refractivity contribution >= 4 is 45.9 Å². The van der Waals surface area contributed by atoms with Crippen LogP contribution in [0.15, 0.2) is 29.4 Å².